The fourth-order valence-corrected chi connectivity index (χ4v) is 1.54. The summed E-state index contributed by atoms with van der Waals surface area (Å²) in [6.07, 6.45) is 2.12. The quantitative estimate of drug-likeness (QED) is 0.461. The molecule has 0 fully saturated rings. The fourth-order valence-electron chi connectivity index (χ4n) is 1.31. The second kappa shape index (κ2) is 7.74. The minimum Gasteiger partial charge on any atom is -0.502 e. The number of ether oxygens (including phenoxy) is 1. The zero-order chi connectivity index (χ0) is 12.5. The predicted octanol–water partition coefficient (Wildman–Crippen LogP) is 2.63. The van der Waals surface area contributed by atoms with Gasteiger partial charge in [-0.05, 0) is 12.0 Å². The molecule has 1 unspecified atom stereocenters. The first-order valence-electron chi connectivity index (χ1n) is 5.45. The van der Waals surface area contributed by atoms with Crippen LogP contribution in [0.2, 0.25) is 0 Å². The summed E-state index contributed by atoms with van der Waals surface area (Å²) in [5.74, 6) is -0.184. The van der Waals surface area contributed by atoms with E-state index in [2.05, 4.69) is 11.9 Å². The van der Waals surface area contributed by atoms with Crippen LogP contribution in [0.5, 0.6) is 0 Å². The lowest BCUT2D eigenvalue weighted by Gasteiger charge is -2.10. The molecular formula is C13H16ClNO2. The van der Waals surface area contributed by atoms with Gasteiger partial charge in [-0.2, -0.15) is 0 Å². The van der Waals surface area contributed by atoms with Crippen LogP contribution in [0.4, 0.5) is 0 Å². The van der Waals surface area contributed by atoms with Crippen molar-refractivity contribution in [2.45, 2.75) is 11.8 Å². The number of rotatable bonds is 7. The molecule has 1 aromatic rings. The van der Waals surface area contributed by atoms with Gasteiger partial charge < -0.3 is 10.1 Å². The highest BCUT2D eigenvalue weighted by atomic mass is 35.5. The van der Waals surface area contributed by atoms with Crippen LogP contribution < -0.4 is 5.32 Å². The first kappa shape index (κ1) is 13.6. The largest absolute Gasteiger partial charge is 0.502 e. The van der Waals surface area contributed by atoms with Crippen molar-refractivity contribution in [2.24, 2.45) is 0 Å². The highest BCUT2D eigenvalue weighted by molar-refractivity contribution is 6.30. The van der Waals surface area contributed by atoms with E-state index in [0.717, 1.165) is 12.0 Å². The van der Waals surface area contributed by atoms with Crippen molar-refractivity contribution in [1.82, 2.24) is 5.32 Å². The Hall–Kier alpha value is -1.48. The average molecular weight is 254 g/mol. The van der Waals surface area contributed by atoms with E-state index in [4.69, 9.17) is 16.3 Å². The van der Waals surface area contributed by atoms with Crippen LogP contribution >= 0.6 is 11.6 Å². The molecule has 0 aliphatic rings. The molecule has 0 aromatic heterocycles. The third-order valence-electron chi connectivity index (χ3n) is 2.18. The summed E-state index contributed by atoms with van der Waals surface area (Å²) in [6, 6.07) is 9.26. The molecule has 0 aliphatic heterocycles. The molecule has 1 aromatic carbocycles. The van der Waals surface area contributed by atoms with E-state index in [1.54, 1.807) is 0 Å². The maximum Gasteiger partial charge on any atom is 0.242 e. The normalized spacial score (nSPS) is 11.6. The summed E-state index contributed by atoms with van der Waals surface area (Å²) >= 11 is 6.04. The molecule has 3 nitrogen and oxygen atoms in total. The summed E-state index contributed by atoms with van der Waals surface area (Å²) in [6.45, 7) is 4.52. The molecule has 1 atom stereocenters. The van der Waals surface area contributed by atoms with E-state index in [1.807, 2.05) is 30.3 Å². The molecule has 0 saturated carbocycles. The van der Waals surface area contributed by atoms with Crippen molar-refractivity contribution in [2.75, 3.05) is 13.2 Å². The van der Waals surface area contributed by atoms with E-state index < -0.39 is 5.38 Å². The lowest BCUT2D eigenvalue weighted by Crippen LogP contribution is -2.28. The molecule has 4 heteroatoms. The van der Waals surface area contributed by atoms with E-state index >= 15 is 0 Å². The Kier molecular flexibility index (Phi) is 6.18. The topological polar surface area (TPSA) is 38.3 Å². The molecule has 1 rings (SSSR count). The number of alkyl halides is 1. The van der Waals surface area contributed by atoms with Crippen LogP contribution in [0.1, 0.15) is 17.4 Å². The lowest BCUT2D eigenvalue weighted by molar-refractivity contribution is -0.120. The molecule has 0 aliphatic carbocycles. The van der Waals surface area contributed by atoms with Crippen molar-refractivity contribution >= 4 is 17.5 Å². The lowest BCUT2D eigenvalue weighted by atomic mass is 10.1. The number of amides is 1. The fraction of sp³-hybridized carbons (Fsp3) is 0.308. The predicted molar refractivity (Wildman–Crippen MR) is 68.8 cm³/mol. The van der Waals surface area contributed by atoms with Crippen molar-refractivity contribution < 1.29 is 9.53 Å². The van der Waals surface area contributed by atoms with Crippen molar-refractivity contribution in [1.29, 1.82) is 0 Å². The maximum atomic E-state index is 11.7. The second-order valence-corrected chi connectivity index (χ2v) is 3.89. The van der Waals surface area contributed by atoms with Crippen molar-refractivity contribution in [3.05, 3.63) is 48.7 Å². The van der Waals surface area contributed by atoms with E-state index in [0.29, 0.717) is 13.2 Å². The molecule has 1 N–H and O–H groups in total. The van der Waals surface area contributed by atoms with Crippen LogP contribution in [0, 0.1) is 0 Å². The standard InChI is InChI=1S/C13H16ClNO2/c1-2-17-10-6-9-15-13(16)12(14)11-7-4-3-5-8-11/h2-5,7-8,12H,1,6,9-10H2,(H,15,16). The smallest absolute Gasteiger partial charge is 0.242 e. The Balaban J connectivity index is 2.30. The van der Waals surface area contributed by atoms with Gasteiger partial charge in [-0.1, -0.05) is 36.9 Å². The first-order chi connectivity index (χ1) is 8.25. The van der Waals surface area contributed by atoms with Crippen LogP contribution in [-0.4, -0.2) is 19.1 Å². The number of benzene rings is 1. The van der Waals surface area contributed by atoms with Crippen LogP contribution in [-0.2, 0) is 9.53 Å². The monoisotopic (exact) mass is 253 g/mol. The third kappa shape index (κ3) is 4.91. The number of nitrogens with one attached hydrogen (secondary N) is 1. The molecule has 0 spiro atoms. The molecule has 0 saturated heterocycles. The van der Waals surface area contributed by atoms with Crippen LogP contribution in [0.15, 0.2) is 43.2 Å². The highest BCUT2D eigenvalue weighted by Gasteiger charge is 2.16. The zero-order valence-corrected chi connectivity index (χ0v) is 10.3. The Labute approximate surface area is 106 Å². The molecular weight excluding hydrogens is 238 g/mol. The van der Waals surface area contributed by atoms with E-state index in [-0.39, 0.29) is 5.91 Å². The Morgan fingerprint density at radius 3 is 2.82 bits per heavy atom. The summed E-state index contributed by atoms with van der Waals surface area (Å²) in [5.41, 5.74) is 0.800. The highest BCUT2D eigenvalue weighted by Crippen LogP contribution is 2.19. The van der Waals surface area contributed by atoms with Crippen LogP contribution in [0.25, 0.3) is 0 Å². The van der Waals surface area contributed by atoms with E-state index in [9.17, 15) is 4.79 Å². The Morgan fingerprint density at radius 1 is 1.47 bits per heavy atom. The SMILES string of the molecule is C=COCCCNC(=O)C(Cl)c1ccccc1. The van der Waals surface area contributed by atoms with E-state index in [1.165, 1.54) is 6.26 Å². The first-order valence-corrected chi connectivity index (χ1v) is 5.88. The van der Waals surface area contributed by atoms with Gasteiger partial charge in [0.15, 0.2) is 0 Å². The van der Waals surface area contributed by atoms with Gasteiger partial charge >= 0.3 is 0 Å². The molecule has 0 heterocycles. The molecule has 0 radical (unpaired) electrons. The minimum absolute atomic E-state index is 0.184. The number of halogens is 1. The molecule has 17 heavy (non-hydrogen) atoms. The van der Waals surface area contributed by atoms with Gasteiger partial charge in [-0.15, -0.1) is 11.6 Å². The molecule has 1 amide bonds. The number of hydrogen-bond acceptors (Lipinski definition) is 2. The summed E-state index contributed by atoms with van der Waals surface area (Å²) < 4.78 is 4.94. The van der Waals surface area contributed by atoms with Gasteiger partial charge in [0.1, 0.15) is 5.38 Å². The zero-order valence-electron chi connectivity index (χ0n) is 9.56. The third-order valence-corrected chi connectivity index (χ3v) is 2.63. The van der Waals surface area contributed by atoms with Gasteiger partial charge in [-0.3, -0.25) is 4.79 Å². The second-order valence-electron chi connectivity index (χ2n) is 3.46. The summed E-state index contributed by atoms with van der Waals surface area (Å²) in [4.78, 5) is 11.7. The number of hydrogen-bond donors (Lipinski definition) is 1. The number of carbonyl (C=O) groups excluding carboxylic acids is 1. The van der Waals surface area contributed by atoms with Crippen LogP contribution in [0.3, 0.4) is 0 Å². The maximum absolute atomic E-state index is 11.7. The Bertz CT molecular complexity index is 354. The Morgan fingerprint density at radius 2 is 2.18 bits per heavy atom. The van der Waals surface area contributed by atoms with Crippen molar-refractivity contribution in [3.63, 3.8) is 0 Å². The van der Waals surface area contributed by atoms with Gasteiger partial charge in [0, 0.05) is 6.54 Å². The average Bonchev–Trinajstić information content (AvgIpc) is 2.38. The van der Waals surface area contributed by atoms with Gasteiger partial charge in [0.2, 0.25) is 5.91 Å². The molecule has 0 bridgehead atoms. The molecule has 92 valence electrons. The summed E-state index contributed by atoms with van der Waals surface area (Å²) in [7, 11) is 0. The summed E-state index contributed by atoms with van der Waals surface area (Å²) in [5, 5.41) is 2.11. The van der Waals surface area contributed by atoms with Crippen molar-refractivity contribution in [3.8, 4) is 0 Å². The number of carbonyl (C=O) groups is 1. The van der Waals surface area contributed by atoms with Gasteiger partial charge in [-0.25, -0.2) is 0 Å². The van der Waals surface area contributed by atoms with Gasteiger partial charge in [0.05, 0.1) is 12.9 Å². The minimum atomic E-state index is -0.642. The van der Waals surface area contributed by atoms with Gasteiger partial charge in [0.25, 0.3) is 0 Å².